The van der Waals surface area contributed by atoms with Gasteiger partial charge in [-0.05, 0) is 32.4 Å². The Kier molecular flexibility index (Phi) is 3.45. The molecule has 0 radical (unpaired) electrons. The number of Topliss-reactive ketones (excluding diaryl/α,β-unsaturated/α-hetero) is 1. The van der Waals surface area contributed by atoms with Crippen LogP contribution in [0.15, 0.2) is 12.1 Å². The number of aryl methyl sites for hydroxylation is 1. The molecule has 0 bridgehead atoms. The molecule has 0 aliphatic carbocycles. The Labute approximate surface area is 89.1 Å². The van der Waals surface area contributed by atoms with E-state index in [1.807, 2.05) is 6.07 Å². The van der Waals surface area contributed by atoms with Gasteiger partial charge in [-0.3, -0.25) is 4.79 Å². The van der Waals surface area contributed by atoms with Crippen LogP contribution in [-0.4, -0.2) is 11.3 Å². The van der Waals surface area contributed by atoms with Crippen molar-refractivity contribution in [3.8, 4) is 0 Å². The van der Waals surface area contributed by atoms with Crippen molar-refractivity contribution >= 4 is 17.1 Å². The largest absolute Gasteiger partial charge is 0.319 e. The maximum atomic E-state index is 11.6. The van der Waals surface area contributed by atoms with Gasteiger partial charge in [0, 0.05) is 16.2 Å². The Bertz CT molecular complexity index is 322. The van der Waals surface area contributed by atoms with Crippen LogP contribution in [-0.2, 0) is 17.6 Å². The molecule has 0 saturated heterocycles. The lowest BCUT2D eigenvalue weighted by atomic mass is 9.98. The molecule has 1 heterocycles. The zero-order valence-corrected chi connectivity index (χ0v) is 9.78. The van der Waals surface area contributed by atoms with E-state index in [1.165, 1.54) is 4.88 Å². The molecule has 0 aliphatic heterocycles. The predicted molar refractivity (Wildman–Crippen MR) is 60.7 cm³/mol. The SMILES string of the molecule is CCc1ccc(CC(=O)C(C)(C)N)s1. The predicted octanol–water partition coefficient (Wildman–Crippen LogP) is 2.16. The van der Waals surface area contributed by atoms with Crippen molar-refractivity contribution in [2.75, 3.05) is 0 Å². The zero-order chi connectivity index (χ0) is 10.8. The van der Waals surface area contributed by atoms with Crippen molar-refractivity contribution in [1.29, 1.82) is 0 Å². The van der Waals surface area contributed by atoms with Crippen LogP contribution in [0.3, 0.4) is 0 Å². The van der Waals surface area contributed by atoms with Gasteiger partial charge in [-0.2, -0.15) is 0 Å². The average molecular weight is 211 g/mol. The Balaban J connectivity index is 2.65. The Morgan fingerprint density at radius 2 is 2.00 bits per heavy atom. The van der Waals surface area contributed by atoms with E-state index >= 15 is 0 Å². The molecule has 3 heteroatoms. The van der Waals surface area contributed by atoms with Crippen LogP contribution in [0.2, 0.25) is 0 Å². The first-order valence-corrected chi connectivity index (χ1v) is 5.65. The smallest absolute Gasteiger partial charge is 0.157 e. The van der Waals surface area contributed by atoms with Crippen molar-refractivity contribution in [1.82, 2.24) is 0 Å². The molecule has 0 spiro atoms. The molecule has 14 heavy (non-hydrogen) atoms. The molecule has 78 valence electrons. The Hall–Kier alpha value is -0.670. The quantitative estimate of drug-likeness (QED) is 0.829. The molecule has 0 aliphatic rings. The van der Waals surface area contributed by atoms with E-state index in [4.69, 9.17) is 5.73 Å². The van der Waals surface area contributed by atoms with Crippen molar-refractivity contribution in [3.05, 3.63) is 21.9 Å². The molecule has 1 aromatic rings. The fraction of sp³-hybridized carbons (Fsp3) is 0.545. The molecule has 2 nitrogen and oxygen atoms in total. The number of nitrogens with two attached hydrogens (primary N) is 1. The molecule has 0 saturated carbocycles. The number of ketones is 1. The van der Waals surface area contributed by atoms with Crippen LogP contribution in [0.5, 0.6) is 0 Å². The monoisotopic (exact) mass is 211 g/mol. The van der Waals surface area contributed by atoms with Gasteiger partial charge in [0.1, 0.15) is 0 Å². The van der Waals surface area contributed by atoms with E-state index in [-0.39, 0.29) is 5.78 Å². The molecule has 0 unspecified atom stereocenters. The summed E-state index contributed by atoms with van der Waals surface area (Å²) >= 11 is 1.70. The van der Waals surface area contributed by atoms with Crippen molar-refractivity contribution in [2.24, 2.45) is 5.73 Å². The first kappa shape index (κ1) is 11.4. The molecule has 0 aromatic carbocycles. The number of carbonyl (C=O) groups is 1. The lowest BCUT2D eigenvalue weighted by Gasteiger charge is -2.15. The lowest BCUT2D eigenvalue weighted by Crippen LogP contribution is -2.42. The number of hydrogen-bond acceptors (Lipinski definition) is 3. The van der Waals surface area contributed by atoms with E-state index in [0.29, 0.717) is 6.42 Å². The second kappa shape index (κ2) is 4.24. The van der Waals surface area contributed by atoms with Crippen LogP contribution in [0.25, 0.3) is 0 Å². The highest BCUT2D eigenvalue weighted by Crippen LogP contribution is 2.19. The highest BCUT2D eigenvalue weighted by atomic mass is 32.1. The average Bonchev–Trinajstić information content (AvgIpc) is 2.50. The maximum Gasteiger partial charge on any atom is 0.157 e. The van der Waals surface area contributed by atoms with Crippen molar-refractivity contribution in [3.63, 3.8) is 0 Å². The Morgan fingerprint density at radius 3 is 2.43 bits per heavy atom. The summed E-state index contributed by atoms with van der Waals surface area (Å²) in [6.07, 6.45) is 1.50. The van der Waals surface area contributed by atoms with Gasteiger partial charge < -0.3 is 5.73 Å². The third kappa shape index (κ3) is 2.93. The Morgan fingerprint density at radius 1 is 1.43 bits per heavy atom. The summed E-state index contributed by atoms with van der Waals surface area (Å²) in [5, 5.41) is 0. The molecule has 2 N–H and O–H groups in total. The molecule has 1 rings (SSSR count). The third-order valence-corrected chi connectivity index (χ3v) is 3.35. The van der Waals surface area contributed by atoms with Crippen molar-refractivity contribution < 1.29 is 4.79 Å². The number of hydrogen-bond donors (Lipinski definition) is 1. The highest BCUT2D eigenvalue weighted by molar-refractivity contribution is 7.12. The minimum absolute atomic E-state index is 0.0991. The minimum Gasteiger partial charge on any atom is -0.319 e. The van der Waals surface area contributed by atoms with Crippen LogP contribution < -0.4 is 5.73 Å². The summed E-state index contributed by atoms with van der Waals surface area (Å²) in [7, 11) is 0. The van der Waals surface area contributed by atoms with Gasteiger partial charge in [-0.25, -0.2) is 0 Å². The van der Waals surface area contributed by atoms with Gasteiger partial charge in [-0.1, -0.05) is 6.92 Å². The number of thiophene rings is 1. The van der Waals surface area contributed by atoms with Crippen LogP contribution in [0, 0.1) is 0 Å². The van der Waals surface area contributed by atoms with Gasteiger partial charge in [0.15, 0.2) is 5.78 Å². The molecule has 0 atom stereocenters. The third-order valence-electron chi connectivity index (χ3n) is 2.12. The van der Waals surface area contributed by atoms with E-state index in [0.717, 1.165) is 11.3 Å². The van der Waals surface area contributed by atoms with E-state index < -0.39 is 5.54 Å². The van der Waals surface area contributed by atoms with Crippen LogP contribution >= 0.6 is 11.3 Å². The second-order valence-electron chi connectivity index (χ2n) is 4.04. The first-order valence-electron chi connectivity index (χ1n) is 4.83. The summed E-state index contributed by atoms with van der Waals surface area (Å²) in [4.78, 5) is 14.1. The topological polar surface area (TPSA) is 43.1 Å². The zero-order valence-electron chi connectivity index (χ0n) is 8.96. The highest BCUT2D eigenvalue weighted by Gasteiger charge is 2.22. The molecule has 0 fully saturated rings. The van der Waals surface area contributed by atoms with Gasteiger partial charge in [0.25, 0.3) is 0 Å². The molecular formula is C11H17NOS. The van der Waals surface area contributed by atoms with Crippen molar-refractivity contribution in [2.45, 2.75) is 39.2 Å². The van der Waals surface area contributed by atoms with Gasteiger partial charge in [-0.15, -0.1) is 11.3 Å². The minimum atomic E-state index is -0.712. The van der Waals surface area contributed by atoms with Gasteiger partial charge >= 0.3 is 0 Å². The fourth-order valence-electron chi connectivity index (χ4n) is 1.09. The molecular weight excluding hydrogens is 194 g/mol. The van der Waals surface area contributed by atoms with E-state index in [2.05, 4.69) is 13.0 Å². The van der Waals surface area contributed by atoms with Crippen LogP contribution in [0.4, 0.5) is 0 Å². The summed E-state index contributed by atoms with van der Waals surface area (Å²) in [6, 6.07) is 4.10. The standard InChI is InChI=1S/C11H17NOS/c1-4-8-5-6-9(14-8)7-10(13)11(2,3)12/h5-6H,4,7,12H2,1-3H3. The summed E-state index contributed by atoms with van der Waals surface area (Å²) in [6.45, 7) is 5.62. The molecule has 0 amide bonds. The first-order chi connectivity index (χ1) is 6.43. The number of carbonyl (C=O) groups excluding carboxylic acids is 1. The van der Waals surface area contributed by atoms with Gasteiger partial charge in [0.05, 0.1) is 5.54 Å². The van der Waals surface area contributed by atoms with E-state index in [9.17, 15) is 4.79 Å². The normalized spacial score (nSPS) is 11.7. The second-order valence-corrected chi connectivity index (χ2v) is 5.30. The van der Waals surface area contributed by atoms with Gasteiger partial charge in [0.2, 0.25) is 0 Å². The van der Waals surface area contributed by atoms with E-state index in [1.54, 1.807) is 25.2 Å². The summed E-state index contributed by atoms with van der Waals surface area (Å²) in [5.74, 6) is 0.0991. The van der Waals surface area contributed by atoms with Crippen LogP contribution in [0.1, 0.15) is 30.5 Å². The number of rotatable bonds is 4. The molecule has 1 aromatic heterocycles. The summed E-state index contributed by atoms with van der Waals surface area (Å²) < 4.78 is 0. The summed E-state index contributed by atoms with van der Waals surface area (Å²) in [5.41, 5.74) is 5.01. The maximum absolute atomic E-state index is 11.6. The lowest BCUT2D eigenvalue weighted by molar-refractivity contribution is -0.122. The fourth-order valence-corrected chi connectivity index (χ4v) is 2.05.